The number of thiophene rings is 1. The second-order valence-corrected chi connectivity index (χ2v) is 8.78. The van der Waals surface area contributed by atoms with Crippen LogP contribution in [-0.4, -0.2) is 11.2 Å². The lowest BCUT2D eigenvalue weighted by atomic mass is 9.87. The molecule has 0 fully saturated rings. The van der Waals surface area contributed by atoms with Crippen molar-refractivity contribution < 1.29 is 4.79 Å². The first-order valence-electron chi connectivity index (χ1n) is 7.43. The van der Waals surface area contributed by atoms with Crippen LogP contribution in [0.2, 0.25) is 0 Å². The van der Waals surface area contributed by atoms with E-state index < -0.39 is 0 Å². The number of thioether (sulfide) groups is 1. The van der Waals surface area contributed by atoms with Gasteiger partial charge in [0.2, 0.25) is 5.91 Å². The van der Waals surface area contributed by atoms with Gasteiger partial charge >= 0.3 is 0 Å². The van der Waals surface area contributed by atoms with Crippen LogP contribution in [0.25, 0.3) is 0 Å². The predicted octanol–water partition coefficient (Wildman–Crippen LogP) is 4.84. The fourth-order valence-corrected chi connectivity index (χ4v) is 3.56. The number of amides is 1. The molecule has 2 rings (SSSR count). The molecule has 118 valence electrons. The molecule has 0 saturated heterocycles. The Morgan fingerprint density at radius 3 is 2.45 bits per heavy atom. The molecule has 1 aromatic heterocycles. The Morgan fingerprint density at radius 1 is 1.23 bits per heavy atom. The minimum Gasteiger partial charge on any atom is -0.350 e. The standard InChI is InChI=1S/C18H23NOS2/c1-13(17(20)19-12-16-6-5-11-21-16)22-15-9-7-14(8-10-15)18(2,3)4/h5-11,13H,12H2,1-4H3,(H,19,20)/t13-/m1/s1. The lowest BCUT2D eigenvalue weighted by Gasteiger charge is -2.19. The van der Waals surface area contributed by atoms with E-state index in [4.69, 9.17) is 0 Å². The van der Waals surface area contributed by atoms with Gasteiger partial charge in [-0.25, -0.2) is 0 Å². The van der Waals surface area contributed by atoms with E-state index in [0.29, 0.717) is 6.54 Å². The molecule has 0 unspecified atom stereocenters. The Labute approximate surface area is 141 Å². The second kappa shape index (κ2) is 7.34. The van der Waals surface area contributed by atoms with Gasteiger partial charge < -0.3 is 5.32 Å². The zero-order valence-electron chi connectivity index (χ0n) is 13.6. The van der Waals surface area contributed by atoms with Crippen LogP contribution >= 0.6 is 23.1 Å². The average molecular weight is 334 g/mol. The van der Waals surface area contributed by atoms with Crippen LogP contribution in [0.5, 0.6) is 0 Å². The summed E-state index contributed by atoms with van der Waals surface area (Å²) in [5.74, 6) is 0.0818. The summed E-state index contributed by atoms with van der Waals surface area (Å²) < 4.78 is 0. The SMILES string of the molecule is C[C@@H](Sc1ccc(C(C)(C)C)cc1)C(=O)NCc1cccs1. The highest BCUT2D eigenvalue weighted by atomic mass is 32.2. The Balaban J connectivity index is 1.88. The molecule has 22 heavy (non-hydrogen) atoms. The Morgan fingerprint density at radius 2 is 1.91 bits per heavy atom. The van der Waals surface area contributed by atoms with Crippen LogP contribution in [0.15, 0.2) is 46.7 Å². The molecule has 1 amide bonds. The first kappa shape index (κ1) is 17.1. The van der Waals surface area contributed by atoms with E-state index >= 15 is 0 Å². The van der Waals surface area contributed by atoms with Crippen molar-refractivity contribution in [1.82, 2.24) is 5.32 Å². The van der Waals surface area contributed by atoms with Crippen molar-refractivity contribution in [2.75, 3.05) is 0 Å². The van der Waals surface area contributed by atoms with Gasteiger partial charge in [-0.05, 0) is 41.5 Å². The monoisotopic (exact) mass is 333 g/mol. The highest BCUT2D eigenvalue weighted by Crippen LogP contribution is 2.27. The topological polar surface area (TPSA) is 29.1 Å². The average Bonchev–Trinajstić information content (AvgIpc) is 2.97. The second-order valence-electron chi connectivity index (χ2n) is 6.33. The lowest BCUT2D eigenvalue weighted by molar-refractivity contribution is -0.120. The lowest BCUT2D eigenvalue weighted by Crippen LogP contribution is -2.30. The molecular formula is C18H23NOS2. The zero-order chi connectivity index (χ0) is 16.2. The van der Waals surface area contributed by atoms with E-state index in [2.05, 4.69) is 50.4 Å². The molecule has 0 aliphatic carbocycles. The quantitative estimate of drug-likeness (QED) is 0.793. The van der Waals surface area contributed by atoms with E-state index in [1.54, 1.807) is 23.1 Å². The Bertz CT molecular complexity index is 597. The molecule has 2 nitrogen and oxygen atoms in total. The maximum absolute atomic E-state index is 12.1. The van der Waals surface area contributed by atoms with Crippen LogP contribution in [0.3, 0.4) is 0 Å². The van der Waals surface area contributed by atoms with Gasteiger partial charge in [-0.15, -0.1) is 23.1 Å². The molecule has 0 saturated carbocycles. The van der Waals surface area contributed by atoms with Crippen molar-refractivity contribution >= 4 is 29.0 Å². The molecule has 1 aromatic carbocycles. The van der Waals surface area contributed by atoms with E-state index in [-0.39, 0.29) is 16.6 Å². The third-order valence-electron chi connectivity index (χ3n) is 3.42. The number of nitrogens with one attached hydrogen (secondary N) is 1. The van der Waals surface area contributed by atoms with Crippen molar-refractivity contribution in [1.29, 1.82) is 0 Å². The molecule has 1 heterocycles. The minimum atomic E-state index is -0.0968. The molecule has 4 heteroatoms. The highest BCUT2D eigenvalue weighted by Gasteiger charge is 2.16. The van der Waals surface area contributed by atoms with Gasteiger partial charge in [0.25, 0.3) is 0 Å². The fourth-order valence-electron chi connectivity index (χ4n) is 2.02. The maximum Gasteiger partial charge on any atom is 0.233 e. The van der Waals surface area contributed by atoms with E-state index in [1.807, 2.05) is 24.4 Å². The van der Waals surface area contributed by atoms with Crippen LogP contribution < -0.4 is 5.32 Å². The van der Waals surface area contributed by atoms with E-state index in [9.17, 15) is 4.79 Å². The van der Waals surface area contributed by atoms with E-state index in [0.717, 1.165) is 4.90 Å². The van der Waals surface area contributed by atoms with Crippen molar-refractivity contribution in [3.05, 3.63) is 52.2 Å². The van der Waals surface area contributed by atoms with Crippen LogP contribution in [0, 0.1) is 0 Å². The summed E-state index contributed by atoms with van der Waals surface area (Å²) in [6.45, 7) is 9.18. The van der Waals surface area contributed by atoms with Gasteiger partial charge in [0, 0.05) is 9.77 Å². The zero-order valence-corrected chi connectivity index (χ0v) is 15.2. The van der Waals surface area contributed by atoms with Crippen molar-refractivity contribution in [2.45, 2.75) is 49.8 Å². The summed E-state index contributed by atoms with van der Waals surface area (Å²) >= 11 is 3.26. The molecule has 0 bridgehead atoms. The number of benzene rings is 1. The third-order valence-corrected chi connectivity index (χ3v) is 5.41. The minimum absolute atomic E-state index is 0.0818. The normalized spacial score (nSPS) is 12.9. The van der Waals surface area contributed by atoms with Gasteiger partial charge in [0.1, 0.15) is 0 Å². The number of hydrogen-bond donors (Lipinski definition) is 1. The summed E-state index contributed by atoms with van der Waals surface area (Å²) in [5, 5.41) is 4.92. The summed E-state index contributed by atoms with van der Waals surface area (Å²) in [6, 6.07) is 12.6. The van der Waals surface area contributed by atoms with Crippen molar-refractivity contribution in [2.24, 2.45) is 0 Å². The molecule has 0 spiro atoms. The number of hydrogen-bond acceptors (Lipinski definition) is 3. The summed E-state index contributed by atoms with van der Waals surface area (Å²) in [5.41, 5.74) is 1.47. The number of rotatable bonds is 5. The highest BCUT2D eigenvalue weighted by molar-refractivity contribution is 8.00. The molecule has 1 atom stereocenters. The predicted molar refractivity (Wildman–Crippen MR) is 96.6 cm³/mol. The molecule has 0 aliphatic rings. The number of carbonyl (C=O) groups excluding carboxylic acids is 1. The van der Waals surface area contributed by atoms with Crippen LogP contribution in [0.1, 0.15) is 38.1 Å². The number of carbonyl (C=O) groups is 1. The molecule has 2 aromatic rings. The van der Waals surface area contributed by atoms with Gasteiger partial charge in [-0.1, -0.05) is 39.0 Å². The molecule has 0 radical (unpaired) electrons. The van der Waals surface area contributed by atoms with Gasteiger partial charge in [-0.2, -0.15) is 0 Å². The van der Waals surface area contributed by atoms with Gasteiger partial charge in [0.15, 0.2) is 0 Å². The van der Waals surface area contributed by atoms with Gasteiger partial charge in [-0.3, -0.25) is 4.79 Å². The molecular weight excluding hydrogens is 310 g/mol. The first-order chi connectivity index (χ1) is 10.4. The maximum atomic E-state index is 12.1. The van der Waals surface area contributed by atoms with Crippen molar-refractivity contribution in [3.8, 4) is 0 Å². The first-order valence-corrected chi connectivity index (χ1v) is 9.19. The Hall–Kier alpha value is -1.26. The van der Waals surface area contributed by atoms with E-state index in [1.165, 1.54) is 10.4 Å². The van der Waals surface area contributed by atoms with Gasteiger partial charge in [0.05, 0.1) is 11.8 Å². The third kappa shape index (κ3) is 4.89. The molecule has 1 N–H and O–H groups in total. The summed E-state index contributed by atoms with van der Waals surface area (Å²) in [7, 11) is 0. The molecule has 0 aliphatic heterocycles. The largest absolute Gasteiger partial charge is 0.350 e. The van der Waals surface area contributed by atoms with Crippen molar-refractivity contribution in [3.63, 3.8) is 0 Å². The smallest absolute Gasteiger partial charge is 0.233 e. The van der Waals surface area contributed by atoms with Crippen LogP contribution in [-0.2, 0) is 16.8 Å². The summed E-state index contributed by atoms with van der Waals surface area (Å²) in [6.07, 6.45) is 0. The fraction of sp³-hybridized carbons (Fsp3) is 0.389. The van der Waals surface area contributed by atoms with Crippen LogP contribution in [0.4, 0.5) is 0 Å². The summed E-state index contributed by atoms with van der Waals surface area (Å²) in [4.78, 5) is 14.5. The Kier molecular flexibility index (Phi) is 5.70.